The number of nitrogens with zero attached hydrogens (tertiary/aromatic N) is 2. The predicted molar refractivity (Wildman–Crippen MR) is 164 cm³/mol. The van der Waals surface area contributed by atoms with Gasteiger partial charge in [0.15, 0.2) is 0 Å². The lowest BCUT2D eigenvalue weighted by molar-refractivity contribution is -0.141. The van der Waals surface area contributed by atoms with Gasteiger partial charge in [-0.05, 0) is 69.8 Å². The second-order valence-electron chi connectivity index (χ2n) is 12.8. The molecule has 10 nitrogen and oxygen atoms in total. The molecule has 4 amide bonds. The number of carbonyl (C=O) groups excluding carboxylic acids is 4. The molecule has 1 aromatic carbocycles. The molecule has 4 rings (SSSR count). The lowest BCUT2D eigenvalue weighted by Gasteiger charge is -2.30. The summed E-state index contributed by atoms with van der Waals surface area (Å²) in [7, 11) is 3.94. The van der Waals surface area contributed by atoms with Crippen molar-refractivity contribution in [2.75, 3.05) is 27.2 Å². The van der Waals surface area contributed by atoms with Crippen molar-refractivity contribution < 1.29 is 19.2 Å². The number of carbonyl (C=O) groups is 4. The van der Waals surface area contributed by atoms with Crippen molar-refractivity contribution in [3.63, 3.8) is 0 Å². The van der Waals surface area contributed by atoms with Gasteiger partial charge in [0, 0.05) is 55.0 Å². The van der Waals surface area contributed by atoms with E-state index in [9.17, 15) is 19.2 Å². The van der Waals surface area contributed by atoms with Gasteiger partial charge in [0.25, 0.3) is 0 Å². The number of H-pyrrole nitrogens is 1. The minimum Gasteiger partial charge on any atom is -0.361 e. The van der Waals surface area contributed by atoms with E-state index in [1.807, 2.05) is 56.4 Å². The third-order valence-corrected chi connectivity index (χ3v) is 8.63. The minimum atomic E-state index is -0.838. The van der Waals surface area contributed by atoms with Crippen LogP contribution in [0.3, 0.4) is 0 Å². The average Bonchev–Trinajstić information content (AvgIpc) is 3.53. The fourth-order valence-electron chi connectivity index (χ4n) is 6.20. The zero-order valence-corrected chi connectivity index (χ0v) is 25.7. The van der Waals surface area contributed by atoms with E-state index < -0.39 is 12.1 Å². The van der Waals surface area contributed by atoms with Crippen molar-refractivity contribution in [3.05, 3.63) is 36.0 Å². The monoisotopic (exact) mass is 580 g/mol. The van der Waals surface area contributed by atoms with E-state index in [-0.39, 0.29) is 54.1 Å². The summed E-state index contributed by atoms with van der Waals surface area (Å²) in [5, 5.41) is 10.3. The smallest absolute Gasteiger partial charge is 0.246 e. The van der Waals surface area contributed by atoms with Crippen LogP contribution in [-0.4, -0.2) is 89.8 Å². The number of hydrogen-bond acceptors (Lipinski definition) is 5. The van der Waals surface area contributed by atoms with Gasteiger partial charge < -0.3 is 30.7 Å². The maximum atomic E-state index is 14.3. The number of aromatic amines is 1. The second-order valence-corrected chi connectivity index (χ2v) is 12.8. The SMILES string of the molecule is CC(C)[C@@H]1CC[C@@H](C)CC(=O)N[C@H](Cc2c[nH]c3ccccc23)C(=O)N2C[C@H](NC(=O)CCCN(C)C)C[C@H]2C(=O)N1. The Kier molecular flexibility index (Phi) is 10.6. The maximum absolute atomic E-state index is 14.3. The summed E-state index contributed by atoms with van der Waals surface area (Å²) in [4.78, 5) is 60.9. The highest BCUT2D eigenvalue weighted by atomic mass is 16.2. The molecule has 2 saturated heterocycles. The quantitative estimate of drug-likeness (QED) is 0.382. The van der Waals surface area contributed by atoms with Gasteiger partial charge in [-0.1, -0.05) is 39.0 Å². The third-order valence-electron chi connectivity index (χ3n) is 8.63. The van der Waals surface area contributed by atoms with Gasteiger partial charge in [0.2, 0.25) is 23.6 Å². The van der Waals surface area contributed by atoms with Crippen molar-refractivity contribution in [2.24, 2.45) is 11.8 Å². The molecule has 2 fully saturated rings. The van der Waals surface area contributed by atoms with E-state index in [4.69, 9.17) is 0 Å². The van der Waals surface area contributed by atoms with Crippen LogP contribution < -0.4 is 16.0 Å². The van der Waals surface area contributed by atoms with Crippen LogP contribution in [0.1, 0.15) is 64.9 Å². The topological polar surface area (TPSA) is 127 Å². The van der Waals surface area contributed by atoms with Crippen molar-refractivity contribution in [2.45, 2.75) is 89.9 Å². The number of fused-ring (bicyclic) bond motifs is 2. The number of rotatable bonds is 8. The third kappa shape index (κ3) is 8.12. The van der Waals surface area contributed by atoms with Crippen LogP contribution in [0.2, 0.25) is 0 Å². The molecule has 5 atom stereocenters. The van der Waals surface area contributed by atoms with Crippen LogP contribution in [0, 0.1) is 11.8 Å². The summed E-state index contributed by atoms with van der Waals surface area (Å²) in [5.74, 6) is -0.432. The van der Waals surface area contributed by atoms with E-state index >= 15 is 0 Å². The lowest BCUT2D eigenvalue weighted by atomic mass is 9.92. The van der Waals surface area contributed by atoms with Crippen LogP contribution in [0.4, 0.5) is 0 Å². The van der Waals surface area contributed by atoms with Crippen molar-refractivity contribution >= 4 is 34.5 Å². The van der Waals surface area contributed by atoms with E-state index in [1.54, 1.807) is 4.90 Å². The number of amides is 4. The summed E-state index contributed by atoms with van der Waals surface area (Å²) < 4.78 is 0. The van der Waals surface area contributed by atoms with E-state index in [0.717, 1.165) is 42.3 Å². The van der Waals surface area contributed by atoms with Gasteiger partial charge in [0.1, 0.15) is 12.1 Å². The van der Waals surface area contributed by atoms with Crippen LogP contribution in [0.15, 0.2) is 30.5 Å². The Labute approximate surface area is 249 Å². The summed E-state index contributed by atoms with van der Waals surface area (Å²) in [6.45, 7) is 7.22. The molecule has 2 aliphatic heterocycles. The largest absolute Gasteiger partial charge is 0.361 e. The highest BCUT2D eigenvalue weighted by molar-refractivity contribution is 5.94. The first-order chi connectivity index (χ1) is 20.0. The molecule has 3 heterocycles. The fourth-order valence-corrected chi connectivity index (χ4v) is 6.20. The molecule has 4 N–H and O–H groups in total. The van der Waals surface area contributed by atoms with Gasteiger partial charge in [-0.25, -0.2) is 0 Å². The molecule has 0 unspecified atom stereocenters. The molecule has 2 aromatic rings. The Hall–Kier alpha value is -3.40. The van der Waals surface area contributed by atoms with Gasteiger partial charge in [-0.15, -0.1) is 0 Å². The fraction of sp³-hybridized carbons (Fsp3) is 0.625. The summed E-state index contributed by atoms with van der Waals surface area (Å²) in [6.07, 6.45) is 5.48. The first-order valence-corrected chi connectivity index (χ1v) is 15.4. The summed E-state index contributed by atoms with van der Waals surface area (Å²) in [5.41, 5.74) is 1.88. The molecule has 230 valence electrons. The Balaban J connectivity index is 1.61. The van der Waals surface area contributed by atoms with Crippen molar-refractivity contribution in [1.29, 1.82) is 0 Å². The normalized spacial score (nSPS) is 25.9. The van der Waals surface area contributed by atoms with Crippen LogP contribution in [0.25, 0.3) is 10.9 Å². The number of nitrogens with one attached hydrogen (secondary N) is 4. The Bertz CT molecular complexity index is 1260. The lowest BCUT2D eigenvalue weighted by Crippen LogP contribution is -2.55. The van der Waals surface area contributed by atoms with Crippen LogP contribution in [-0.2, 0) is 25.6 Å². The first kappa shape index (κ1) is 31.5. The minimum absolute atomic E-state index is 0.0672. The Morgan fingerprint density at radius 2 is 1.88 bits per heavy atom. The first-order valence-electron chi connectivity index (χ1n) is 15.4. The standard InChI is InChI=1S/C32H48N6O4/c1-20(2)25-13-12-21(3)15-30(40)35-27(16-22-18-33-26-10-7-6-9-24(22)26)32(42)38-19-23(17-28(38)31(41)36-25)34-29(39)11-8-14-37(4)5/h6-7,9-10,18,20-21,23,25,27-28,33H,8,11-17,19H2,1-5H3,(H,34,39)(H,35,40)(H,36,41)/t21-,23-,25+,27-,28+/m1/s1. The predicted octanol–water partition coefficient (Wildman–Crippen LogP) is 2.58. The number of aromatic nitrogens is 1. The molecule has 0 radical (unpaired) electrons. The van der Waals surface area contributed by atoms with Gasteiger partial charge in [0.05, 0.1) is 0 Å². The zero-order chi connectivity index (χ0) is 30.4. The van der Waals surface area contributed by atoms with E-state index in [0.29, 0.717) is 25.7 Å². The molecule has 2 aliphatic rings. The molecular formula is C32H48N6O4. The van der Waals surface area contributed by atoms with Gasteiger partial charge in [-0.3, -0.25) is 19.2 Å². The summed E-state index contributed by atoms with van der Waals surface area (Å²) in [6, 6.07) is 5.89. The van der Waals surface area contributed by atoms with Gasteiger partial charge in [-0.2, -0.15) is 0 Å². The number of benzene rings is 1. The highest BCUT2D eigenvalue weighted by Crippen LogP contribution is 2.25. The molecule has 0 spiro atoms. The summed E-state index contributed by atoms with van der Waals surface area (Å²) >= 11 is 0. The van der Waals surface area contributed by atoms with Crippen molar-refractivity contribution in [1.82, 2.24) is 30.7 Å². The number of hydrogen-bond donors (Lipinski definition) is 4. The van der Waals surface area contributed by atoms with Crippen LogP contribution in [0.5, 0.6) is 0 Å². The number of para-hydroxylation sites is 1. The molecule has 1 aromatic heterocycles. The van der Waals surface area contributed by atoms with E-state index in [1.165, 1.54) is 0 Å². The van der Waals surface area contributed by atoms with Crippen molar-refractivity contribution in [3.8, 4) is 0 Å². The highest BCUT2D eigenvalue weighted by Gasteiger charge is 2.43. The van der Waals surface area contributed by atoms with Crippen LogP contribution >= 0.6 is 0 Å². The Morgan fingerprint density at radius 1 is 1.12 bits per heavy atom. The zero-order valence-electron chi connectivity index (χ0n) is 25.7. The molecular weight excluding hydrogens is 532 g/mol. The second kappa shape index (κ2) is 14.2. The molecule has 42 heavy (non-hydrogen) atoms. The maximum Gasteiger partial charge on any atom is 0.246 e. The molecule has 0 saturated carbocycles. The Morgan fingerprint density at radius 3 is 2.62 bits per heavy atom. The molecule has 10 heteroatoms. The van der Waals surface area contributed by atoms with E-state index in [2.05, 4.69) is 34.8 Å². The van der Waals surface area contributed by atoms with Gasteiger partial charge >= 0.3 is 0 Å². The average molecular weight is 581 g/mol. The molecule has 0 bridgehead atoms. The molecule has 0 aliphatic carbocycles.